The van der Waals surface area contributed by atoms with Crippen LogP contribution in [0, 0.1) is 0 Å². The Hall–Kier alpha value is -2.67. The van der Waals surface area contributed by atoms with Crippen molar-refractivity contribution in [1.82, 2.24) is 19.1 Å². The van der Waals surface area contributed by atoms with E-state index in [-0.39, 0.29) is 23.4 Å². The van der Waals surface area contributed by atoms with Gasteiger partial charge in [-0.2, -0.15) is 0 Å². The van der Waals surface area contributed by atoms with E-state index in [0.717, 1.165) is 11.0 Å². The van der Waals surface area contributed by atoms with Crippen molar-refractivity contribution in [3.05, 3.63) is 52.4 Å². The van der Waals surface area contributed by atoms with Crippen molar-refractivity contribution < 1.29 is 4.79 Å². The fourth-order valence-electron chi connectivity index (χ4n) is 2.45. The first-order chi connectivity index (χ1) is 11.1. The van der Waals surface area contributed by atoms with E-state index in [4.69, 9.17) is 11.6 Å². The fraction of sp³-hybridized carbons (Fsp3) is 0.200. The largest absolute Gasteiger partial charge is 0.329 e. The highest BCUT2D eigenvalue weighted by Gasteiger charge is 2.14. The molecular formula is C15H14ClN5O2. The number of fused-ring (bicyclic) bond motifs is 1. The van der Waals surface area contributed by atoms with Gasteiger partial charge in [-0.15, -0.1) is 0 Å². The number of aromatic nitrogens is 4. The van der Waals surface area contributed by atoms with Gasteiger partial charge in [0.15, 0.2) is 0 Å². The van der Waals surface area contributed by atoms with Crippen molar-refractivity contribution in [2.75, 3.05) is 5.32 Å². The summed E-state index contributed by atoms with van der Waals surface area (Å²) >= 11 is 5.60. The fourth-order valence-corrected chi connectivity index (χ4v) is 2.55. The van der Waals surface area contributed by atoms with Crippen molar-refractivity contribution in [1.29, 1.82) is 0 Å². The molecule has 23 heavy (non-hydrogen) atoms. The third kappa shape index (κ3) is 2.95. The smallest absolute Gasteiger partial charge is 0.322 e. The predicted octanol–water partition coefficient (Wildman–Crippen LogP) is 1.90. The van der Waals surface area contributed by atoms with Gasteiger partial charge < -0.3 is 5.32 Å². The van der Waals surface area contributed by atoms with E-state index in [1.54, 1.807) is 4.57 Å². The van der Waals surface area contributed by atoms with E-state index in [0.29, 0.717) is 12.2 Å². The number of amides is 1. The first kappa shape index (κ1) is 15.2. The van der Waals surface area contributed by atoms with Gasteiger partial charge in [-0.05, 0) is 30.7 Å². The lowest BCUT2D eigenvalue weighted by molar-refractivity contribution is -0.116. The van der Waals surface area contributed by atoms with Gasteiger partial charge in [0.05, 0.1) is 29.1 Å². The minimum Gasteiger partial charge on any atom is -0.322 e. The Bertz CT molecular complexity index is 914. The molecular weight excluding hydrogens is 318 g/mol. The molecule has 0 unspecified atom stereocenters. The molecule has 0 aliphatic rings. The molecule has 8 heteroatoms. The maximum atomic E-state index is 12.5. The number of imidazole rings is 1. The summed E-state index contributed by atoms with van der Waals surface area (Å²) in [5.74, 6) is -0.336. The van der Waals surface area contributed by atoms with Gasteiger partial charge in [0.1, 0.15) is 6.54 Å². The normalized spacial score (nSPS) is 10.9. The number of hydrogen-bond acceptors (Lipinski definition) is 4. The van der Waals surface area contributed by atoms with Crippen molar-refractivity contribution in [3.8, 4) is 0 Å². The molecule has 0 aliphatic heterocycles. The Morgan fingerprint density at radius 3 is 2.39 bits per heavy atom. The number of nitrogens with zero attached hydrogens (tertiary/aromatic N) is 4. The molecule has 3 aromatic rings. The molecule has 2 heterocycles. The van der Waals surface area contributed by atoms with Crippen LogP contribution in [0.5, 0.6) is 0 Å². The summed E-state index contributed by atoms with van der Waals surface area (Å²) in [6.07, 6.45) is 2.82. The van der Waals surface area contributed by atoms with Gasteiger partial charge >= 0.3 is 5.69 Å². The zero-order valence-electron chi connectivity index (χ0n) is 12.4. The lowest BCUT2D eigenvalue weighted by Gasteiger charge is -2.05. The topological polar surface area (TPSA) is 81.8 Å². The first-order valence-electron chi connectivity index (χ1n) is 7.05. The minimum atomic E-state index is -0.336. The van der Waals surface area contributed by atoms with Gasteiger partial charge in [0.25, 0.3) is 0 Å². The number of carbonyl (C=O) groups excluding carboxylic acids is 1. The van der Waals surface area contributed by atoms with Gasteiger partial charge in [0, 0.05) is 6.54 Å². The number of anilines is 1. The molecule has 1 aromatic carbocycles. The summed E-state index contributed by atoms with van der Waals surface area (Å²) in [7, 11) is 0. The molecule has 2 aromatic heterocycles. The molecule has 0 saturated carbocycles. The van der Waals surface area contributed by atoms with Crippen molar-refractivity contribution in [2.24, 2.45) is 0 Å². The van der Waals surface area contributed by atoms with Gasteiger partial charge in [-0.1, -0.05) is 12.1 Å². The second-order valence-electron chi connectivity index (χ2n) is 4.89. The summed E-state index contributed by atoms with van der Waals surface area (Å²) in [6, 6.07) is 7.38. The monoisotopic (exact) mass is 331 g/mol. The van der Waals surface area contributed by atoms with Crippen LogP contribution in [0.25, 0.3) is 11.0 Å². The summed E-state index contributed by atoms with van der Waals surface area (Å²) in [4.78, 5) is 32.2. The maximum absolute atomic E-state index is 12.5. The molecule has 118 valence electrons. The van der Waals surface area contributed by atoms with Crippen LogP contribution in [0.4, 0.5) is 5.69 Å². The minimum absolute atomic E-state index is 0.0883. The van der Waals surface area contributed by atoms with Crippen LogP contribution >= 0.6 is 11.6 Å². The number of hydrogen-bond donors (Lipinski definition) is 1. The van der Waals surface area contributed by atoms with Crippen LogP contribution in [-0.4, -0.2) is 25.0 Å². The second-order valence-corrected chi connectivity index (χ2v) is 5.23. The predicted molar refractivity (Wildman–Crippen MR) is 87.5 cm³/mol. The number of benzene rings is 1. The molecule has 1 amide bonds. The highest BCUT2D eigenvalue weighted by Crippen LogP contribution is 2.13. The van der Waals surface area contributed by atoms with Crippen LogP contribution in [0.1, 0.15) is 6.92 Å². The van der Waals surface area contributed by atoms with Crippen LogP contribution in [0.15, 0.2) is 41.5 Å². The zero-order valence-corrected chi connectivity index (χ0v) is 13.1. The highest BCUT2D eigenvalue weighted by atomic mass is 35.5. The van der Waals surface area contributed by atoms with Crippen molar-refractivity contribution in [2.45, 2.75) is 20.0 Å². The van der Waals surface area contributed by atoms with Crippen LogP contribution in [-0.2, 0) is 17.9 Å². The van der Waals surface area contributed by atoms with E-state index < -0.39 is 0 Å². The molecule has 0 bridgehead atoms. The third-order valence-electron chi connectivity index (χ3n) is 3.45. The summed E-state index contributed by atoms with van der Waals surface area (Å²) in [5.41, 5.74) is 1.74. The number of halogens is 1. The Morgan fingerprint density at radius 1 is 1.17 bits per heavy atom. The summed E-state index contributed by atoms with van der Waals surface area (Å²) < 4.78 is 3.08. The SMILES string of the molecule is CCn1c(=O)n(CC(=O)Nc2cnc(Cl)nc2)c2ccccc21. The Balaban J connectivity index is 1.89. The quantitative estimate of drug-likeness (QED) is 0.740. The van der Waals surface area contributed by atoms with Gasteiger partial charge in [-0.25, -0.2) is 14.8 Å². The zero-order chi connectivity index (χ0) is 16.4. The Kier molecular flexibility index (Phi) is 4.12. The van der Waals surface area contributed by atoms with E-state index in [1.165, 1.54) is 17.0 Å². The third-order valence-corrected chi connectivity index (χ3v) is 3.64. The lowest BCUT2D eigenvalue weighted by Crippen LogP contribution is -2.29. The van der Waals surface area contributed by atoms with Crippen LogP contribution < -0.4 is 11.0 Å². The van der Waals surface area contributed by atoms with Crippen molar-refractivity contribution >= 4 is 34.2 Å². The number of rotatable bonds is 4. The molecule has 0 aliphatic carbocycles. The molecule has 0 atom stereocenters. The number of carbonyl (C=O) groups is 1. The van der Waals surface area contributed by atoms with Crippen LogP contribution in [0.3, 0.4) is 0 Å². The molecule has 0 radical (unpaired) electrons. The average Bonchev–Trinajstić information content (AvgIpc) is 2.81. The molecule has 0 spiro atoms. The maximum Gasteiger partial charge on any atom is 0.329 e. The first-order valence-corrected chi connectivity index (χ1v) is 7.43. The average molecular weight is 332 g/mol. The van der Waals surface area contributed by atoms with E-state index in [9.17, 15) is 9.59 Å². The molecule has 1 N–H and O–H groups in total. The van der Waals surface area contributed by atoms with E-state index >= 15 is 0 Å². The van der Waals surface area contributed by atoms with E-state index in [2.05, 4.69) is 15.3 Å². The highest BCUT2D eigenvalue weighted by molar-refractivity contribution is 6.28. The molecule has 0 fully saturated rings. The van der Waals surface area contributed by atoms with Crippen LogP contribution in [0.2, 0.25) is 5.28 Å². The molecule has 0 saturated heterocycles. The summed E-state index contributed by atoms with van der Waals surface area (Å²) in [6.45, 7) is 2.34. The Morgan fingerprint density at radius 2 is 1.78 bits per heavy atom. The van der Waals surface area contributed by atoms with Gasteiger partial charge in [-0.3, -0.25) is 13.9 Å². The van der Waals surface area contributed by atoms with Gasteiger partial charge in [0.2, 0.25) is 11.2 Å². The number of nitrogens with one attached hydrogen (secondary N) is 1. The van der Waals surface area contributed by atoms with Crippen molar-refractivity contribution in [3.63, 3.8) is 0 Å². The standard InChI is InChI=1S/C15H14ClN5O2/c1-2-20-11-5-3-4-6-12(11)21(15(20)23)9-13(22)19-10-7-17-14(16)18-8-10/h3-8H,2,9H2,1H3,(H,19,22). The summed E-state index contributed by atoms with van der Waals surface area (Å²) in [5, 5.41) is 2.75. The number of para-hydroxylation sites is 2. The molecule has 7 nitrogen and oxygen atoms in total. The Labute approximate surface area is 136 Å². The molecule has 3 rings (SSSR count). The second kappa shape index (κ2) is 6.21. The van der Waals surface area contributed by atoms with E-state index in [1.807, 2.05) is 31.2 Å². The number of aryl methyl sites for hydroxylation is 1. The lowest BCUT2D eigenvalue weighted by atomic mass is 10.3.